The lowest BCUT2D eigenvalue weighted by molar-refractivity contribution is -0.144. The highest BCUT2D eigenvalue weighted by Crippen LogP contribution is 2.35. The molecule has 0 aromatic heterocycles. The summed E-state index contributed by atoms with van der Waals surface area (Å²) in [6.07, 6.45) is 0.801. The maximum atomic E-state index is 12.8. The Morgan fingerprint density at radius 1 is 1.29 bits per heavy atom. The molecule has 0 aliphatic carbocycles. The van der Waals surface area contributed by atoms with Crippen LogP contribution in [0.1, 0.15) is 36.6 Å². The van der Waals surface area contributed by atoms with E-state index in [2.05, 4.69) is 34.0 Å². The summed E-state index contributed by atoms with van der Waals surface area (Å²) in [5.74, 6) is 0.121. The van der Waals surface area contributed by atoms with Crippen LogP contribution < -0.4 is 10.1 Å². The van der Waals surface area contributed by atoms with Gasteiger partial charge in [0, 0.05) is 11.3 Å². The molecule has 1 unspecified atom stereocenters. The third-order valence-corrected chi connectivity index (χ3v) is 4.84. The summed E-state index contributed by atoms with van der Waals surface area (Å²) in [5, 5.41) is 21.3. The predicted octanol–water partition coefficient (Wildman–Crippen LogP) is 3.81. The molecule has 2 aromatic carbocycles. The number of nitrogens with one attached hydrogen (secondary N) is 1. The van der Waals surface area contributed by atoms with Crippen molar-refractivity contribution in [3.05, 3.63) is 56.7 Å². The average Bonchev–Trinajstić information content (AvgIpc) is 2.71. The van der Waals surface area contributed by atoms with Crippen molar-refractivity contribution in [1.82, 2.24) is 0 Å². The standard InChI is InChI=1S/C21H23IN2O4/c1-3-14-11-17(20(18(22)12-14)28-10-9-25)19(21(26)27-4-2)24-16-7-5-15(13-23)6-8-16/h5-8,11-12,19,24-25H,3-4,9-10H2,1-2H3. The van der Waals surface area contributed by atoms with Crippen LogP contribution in [0.4, 0.5) is 5.69 Å². The third-order valence-electron chi connectivity index (χ3n) is 4.04. The quantitative estimate of drug-likeness (QED) is 0.407. The molecule has 2 aromatic rings. The van der Waals surface area contributed by atoms with E-state index >= 15 is 0 Å². The largest absolute Gasteiger partial charge is 0.490 e. The van der Waals surface area contributed by atoms with Crippen molar-refractivity contribution >= 4 is 34.2 Å². The van der Waals surface area contributed by atoms with Crippen LogP contribution in [0.5, 0.6) is 5.75 Å². The van der Waals surface area contributed by atoms with Gasteiger partial charge in [-0.25, -0.2) is 4.79 Å². The van der Waals surface area contributed by atoms with E-state index in [1.165, 1.54) is 0 Å². The van der Waals surface area contributed by atoms with Crippen molar-refractivity contribution in [3.8, 4) is 11.8 Å². The van der Waals surface area contributed by atoms with Crippen LogP contribution in [-0.4, -0.2) is 30.9 Å². The number of aliphatic hydroxyl groups is 1. The van der Waals surface area contributed by atoms with E-state index < -0.39 is 12.0 Å². The molecule has 7 heteroatoms. The van der Waals surface area contributed by atoms with E-state index in [1.807, 2.05) is 19.1 Å². The first kappa shape index (κ1) is 22.0. The summed E-state index contributed by atoms with van der Waals surface area (Å²) in [5.41, 5.74) is 2.93. The van der Waals surface area contributed by atoms with Crippen LogP contribution >= 0.6 is 22.6 Å². The molecule has 28 heavy (non-hydrogen) atoms. The van der Waals surface area contributed by atoms with E-state index in [0.29, 0.717) is 22.6 Å². The lowest BCUT2D eigenvalue weighted by Crippen LogP contribution is -2.25. The number of ether oxygens (including phenoxy) is 2. The number of nitriles is 1. The van der Waals surface area contributed by atoms with Gasteiger partial charge in [-0.2, -0.15) is 5.26 Å². The summed E-state index contributed by atoms with van der Waals surface area (Å²) in [6, 6.07) is 12.1. The Hall–Kier alpha value is -2.31. The van der Waals surface area contributed by atoms with Crippen molar-refractivity contribution in [2.24, 2.45) is 0 Å². The molecule has 0 fully saturated rings. The molecule has 0 saturated heterocycles. The van der Waals surface area contributed by atoms with E-state index in [4.69, 9.17) is 19.8 Å². The molecular formula is C21H23IN2O4. The van der Waals surface area contributed by atoms with Crippen molar-refractivity contribution in [2.75, 3.05) is 25.1 Å². The van der Waals surface area contributed by atoms with Crippen molar-refractivity contribution < 1.29 is 19.4 Å². The van der Waals surface area contributed by atoms with E-state index in [0.717, 1.165) is 15.6 Å². The molecule has 0 saturated carbocycles. The second-order valence-corrected chi connectivity index (χ2v) is 7.10. The van der Waals surface area contributed by atoms with Gasteiger partial charge in [-0.15, -0.1) is 0 Å². The summed E-state index contributed by atoms with van der Waals surface area (Å²) in [6.45, 7) is 4.05. The lowest BCUT2D eigenvalue weighted by atomic mass is 10.0. The number of hydrogen-bond acceptors (Lipinski definition) is 6. The number of aryl methyl sites for hydroxylation is 1. The number of halogens is 1. The highest BCUT2D eigenvalue weighted by Gasteiger charge is 2.27. The predicted molar refractivity (Wildman–Crippen MR) is 115 cm³/mol. The first-order valence-electron chi connectivity index (χ1n) is 9.03. The van der Waals surface area contributed by atoms with Gasteiger partial charge in [0.05, 0.1) is 28.4 Å². The molecular weight excluding hydrogens is 471 g/mol. The molecule has 0 heterocycles. The van der Waals surface area contributed by atoms with Gasteiger partial charge < -0.3 is 19.9 Å². The number of nitrogens with zero attached hydrogens (tertiary/aromatic N) is 1. The molecule has 1 atom stereocenters. The van der Waals surface area contributed by atoms with Crippen LogP contribution in [0.3, 0.4) is 0 Å². The number of carbonyl (C=O) groups is 1. The number of esters is 1. The van der Waals surface area contributed by atoms with Crippen molar-refractivity contribution in [1.29, 1.82) is 5.26 Å². The monoisotopic (exact) mass is 494 g/mol. The molecule has 0 amide bonds. The Labute approximate surface area is 178 Å². The number of benzene rings is 2. The Balaban J connectivity index is 2.50. The third kappa shape index (κ3) is 5.59. The van der Waals surface area contributed by atoms with Gasteiger partial charge in [0.15, 0.2) is 6.04 Å². The molecule has 0 spiro atoms. The fraction of sp³-hybridized carbons (Fsp3) is 0.333. The molecule has 2 N–H and O–H groups in total. The second-order valence-electron chi connectivity index (χ2n) is 5.94. The van der Waals surface area contributed by atoms with Crippen LogP contribution in [0, 0.1) is 14.9 Å². The Morgan fingerprint density at radius 2 is 2.00 bits per heavy atom. The summed E-state index contributed by atoms with van der Waals surface area (Å²) in [7, 11) is 0. The van der Waals surface area contributed by atoms with Crippen LogP contribution in [0.15, 0.2) is 36.4 Å². The Bertz CT molecular complexity index is 847. The molecule has 0 aliphatic rings. The molecule has 0 radical (unpaired) electrons. The zero-order valence-corrected chi connectivity index (χ0v) is 18.0. The summed E-state index contributed by atoms with van der Waals surface area (Å²) in [4.78, 5) is 12.8. The molecule has 6 nitrogen and oxygen atoms in total. The SMILES string of the molecule is CCOC(=O)C(Nc1ccc(C#N)cc1)c1cc(CC)cc(I)c1OCCO. The highest BCUT2D eigenvalue weighted by molar-refractivity contribution is 14.1. The number of aliphatic hydroxyl groups excluding tert-OH is 1. The fourth-order valence-corrected chi connectivity index (χ4v) is 3.56. The number of carbonyl (C=O) groups excluding carboxylic acids is 1. The lowest BCUT2D eigenvalue weighted by Gasteiger charge is -2.23. The van der Waals surface area contributed by atoms with Crippen LogP contribution in [0.2, 0.25) is 0 Å². The van der Waals surface area contributed by atoms with Gasteiger partial charge in [0.1, 0.15) is 12.4 Å². The fourth-order valence-electron chi connectivity index (χ4n) is 2.69. The maximum absolute atomic E-state index is 12.8. The van der Waals surface area contributed by atoms with Crippen molar-refractivity contribution in [3.63, 3.8) is 0 Å². The van der Waals surface area contributed by atoms with Gasteiger partial charge in [0.2, 0.25) is 0 Å². The molecule has 0 aliphatic heterocycles. The molecule has 2 rings (SSSR count). The number of hydrogen-bond donors (Lipinski definition) is 2. The first-order valence-corrected chi connectivity index (χ1v) is 10.1. The highest BCUT2D eigenvalue weighted by atomic mass is 127. The van der Waals surface area contributed by atoms with Gasteiger partial charge in [-0.05, 0) is 77.9 Å². The Morgan fingerprint density at radius 3 is 2.57 bits per heavy atom. The van der Waals surface area contributed by atoms with Gasteiger partial charge >= 0.3 is 5.97 Å². The molecule has 148 valence electrons. The number of anilines is 1. The van der Waals surface area contributed by atoms with E-state index in [1.54, 1.807) is 31.2 Å². The van der Waals surface area contributed by atoms with E-state index in [-0.39, 0.29) is 19.8 Å². The smallest absolute Gasteiger partial charge is 0.333 e. The Kier molecular flexibility index (Phi) is 8.54. The van der Waals surface area contributed by atoms with E-state index in [9.17, 15) is 4.79 Å². The minimum atomic E-state index is -0.790. The van der Waals surface area contributed by atoms with Gasteiger partial charge in [0.25, 0.3) is 0 Å². The van der Waals surface area contributed by atoms with Crippen molar-refractivity contribution in [2.45, 2.75) is 26.3 Å². The minimum absolute atomic E-state index is 0.126. The molecule has 0 bridgehead atoms. The van der Waals surface area contributed by atoms with Gasteiger partial charge in [-0.3, -0.25) is 0 Å². The summed E-state index contributed by atoms with van der Waals surface area (Å²) < 4.78 is 11.9. The van der Waals surface area contributed by atoms with Crippen LogP contribution in [0.25, 0.3) is 0 Å². The second kappa shape index (κ2) is 10.9. The average molecular weight is 494 g/mol. The normalized spacial score (nSPS) is 11.4. The summed E-state index contributed by atoms with van der Waals surface area (Å²) >= 11 is 2.17. The number of rotatable bonds is 9. The zero-order valence-electron chi connectivity index (χ0n) is 15.9. The van der Waals surface area contributed by atoms with Gasteiger partial charge in [-0.1, -0.05) is 6.92 Å². The topological polar surface area (TPSA) is 91.6 Å². The maximum Gasteiger partial charge on any atom is 0.333 e. The van der Waals surface area contributed by atoms with Crippen LogP contribution in [-0.2, 0) is 16.0 Å². The zero-order chi connectivity index (χ0) is 20.5. The first-order chi connectivity index (χ1) is 13.5. The minimum Gasteiger partial charge on any atom is -0.490 e.